The van der Waals surface area contributed by atoms with Crippen molar-refractivity contribution in [3.8, 4) is 5.75 Å². The van der Waals surface area contributed by atoms with Gasteiger partial charge < -0.3 is 14.6 Å². The highest BCUT2D eigenvalue weighted by Gasteiger charge is 2.44. The van der Waals surface area contributed by atoms with Gasteiger partial charge in [0.1, 0.15) is 12.4 Å². The van der Waals surface area contributed by atoms with Gasteiger partial charge in [0.15, 0.2) is 5.76 Å². The number of aliphatic hydroxyl groups is 1. The second-order valence-corrected chi connectivity index (χ2v) is 10.6. The van der Waals surface area contributed by atoms with Crippen LogP contribution in [0.15, 0.2) is 88.4 Å². The first-order valence-electron chi connectivity index (χ1n) is 11.4. The highest BCUT2D eigenvalue weighted by molar-refractivity contribution is 8.03. The van der Waals surface area contributed by atoms with E-state index < -0.39 is 23.7 Å². The van der Waals surface area contributed by atoms with Crippen molar-refractivity contribution in [2.45, 2.75) is 10.9 Å². The van der Waals surface area contributed by atoms with Crippen molar-refractivity contribution in [3.05, 3.63) is 109 Å². The van der Waals surface area contributed by atoms with E-state index in [9.17, 15) is 24.8 Å². The van der Waals surface area contributed by atoms with E-state index in [4.69, 9.17) is 39.5 Å². The molecule has 0 aromatic heterocycles. The molecular formula is C27H20Cl3N2O7S+. The van der Waals surface area contributed by atoms with Crippen LogP contribution >= 0.6 is 46.6 Å². The normalized spacial score (nSPS) is 15.2. The Morgan fingerprint density at radius 3 is 2.38 bits per heavy atom. The number of methoxy groups -OCH3 is 1. The van der Waals surface area contributed by atoms with E-state index in [1.165, 1.54) is 48.4 Å². The summed E-state index contributed by atoms with van der Waals surface area (Å²) in [6.07, 6.45) is 2.63. The first kappa shape index (κ1) is 29.3. The maximum absolute atomic E-state index is 13.6. The van der Waals surface area contributed by atoms with Crippen LogP contribution in [-0.2, 0) is 14.3 Å². The number of halogens is 3. The monoisotopic (exact) mass is 621 g/mol. The molecule has 0 saturated carbocycles. The van der Waals surface area contributed by atoms with Gasteiger partial charge in [0.25, 0.3) is 10.8 Å². The van der Waals surface area contributed by atoms with Crippen molar-refractivity contribution in [3.63, 3.8) is 0 Å². The number of carbonyl (C=O) groups excluding carboxylic acids is 2. The van der Waals surface area contributed by atoms with Gasteiger partial charge in [-0.25, -0.2) is 10.0 Å². The van der Waals surface area contributed by atoms with E-state index >= 15 is 0 Å². The fourth-order valence-electron chi connectivity index (χ4n) is 3.88. The highest BCUT2D eigenvalue weighted by Crippen LogP contribution is 2.51. The first-order valence-corrected chi connectivity index (χ1v) is 13.4. The molecule has 1 amide bonds. The lowest BCUT2D eigenvalue weighted by Crippen LogP contribution is -2.30. The Bertz CT molecular complexity index is 1540. The number of esters is 1. The van der Waals surface area contributed by atoms with Crippen molar-refractivity contribution in [2.24, 2.45) is 0 Å². The number of hydrogen-bond acceptors (Lipinski definition) is 7. The second-order valence-electron chi connectivity index (χ2n) is 8.18. The number of carbonyl (C=O) groups is 2. The summed E-state index contributed by atoms with van der Waals surface area (Å²) in [5, 5.41) is 21.7. The molecule has 2 N–H and O–H groups in total. The number of ether oxygens (including phenoxy) is 2. The lowest BCUT2D eigenvalue weighted by atomic mass is 10.1. The van der Waals surface area contributed by atoms with Crippen molar-refractivity contribution in [1.29, 1.82) is 0 Å². The summed E-state index contributed by atoms with van der Waals surface area (Å²) in [6, 6.07) is 14.6. The van der Waals surface area contributed by atoms with Crippen LogP contribution in [0, 0.1) is 4.91 Å². The molecule has 1 aliphatic rings. The lowest BCUT2D eigenvalue weighted by molar-refractivity contribution is -0.731. The molecule has 0 fully saturated rings. The van der Waals surface area contributed by atoms with E-state index in [-0.39, 0.29) is 48.5 Å². The molecule has 0 radical (unpaired) electrons. The zero-order valence-electron chi connectivity index (χ0n) is 20.6. The average molecular weight is 623 g/mol. The fraction of sp³-hybridized carbons (Fsp3) is 0.111. The molecule has 1 aliphatic heterocycles. The van der Waals surface area contributed by atoms with Gasteiger partial charge in [-0.3, -0.25) is 9.69 Å². The third-order valence-electron chi connectivity index (χ3n) is 5.66. The van der Waals surface area contributed by atoms with Crippen LogP contribution in [-0.4, -0.2) is 40.8 Å². The third kappa shape index (κ3) is 6.37. The van der Waals surface area contributed by atoms with Gasteiger partial charge in [-0.15, -0.1) is 0 Å². The average Bonchev–Trinajstić information content (AvgIpc) is 3.17. The molecule has 1 heterocycles. The minimum Gasteiger partial charge on any atom is -0.502 e. The van der Waals surface area contributed by atoms with Gasteiger partial charge in [0.05, 0.1) is 33.5 Å². The second kappa shape index (κ2) is 12.6. The SMILES string of the molecule is COC(=O)/C=C/COc1ccc(Cl)cc1N1C(=O)C(O)=C(Sc2ccc(Cl)cc2[N+](=O)O)C1c1ccc(Cl)cc1. The van der Waals surface area contributed by atoms with Crippen LogP contribution in [0.2, 0.25) is 15.1 Å². The predicted molar refractivity (Wildman–Crippen MR) is 152 cm³/mol. The number of benzene rings is 3. The minimum absolute atomic E-state index is 0.0393. The van der Waals surface area contributed by atoms with Crippen LogP contribution < -0.4 is 9.64 Å². The molecule has 4 rings (SSSR count). The number of anilines is 1. The Morgan fingerprint density at radius 1 is 1.05 bits per heavy atom. The summed E-state index contributed by atoms with van der Waals surface area (Å²) < 4.78 is 10.4. The Balaban J connectivity index is 1.81. The van der Waals surface area contributed by atoms with E-state index in [2.05, 4.69) is 4.74 Å². The molecule has 0 bridgehead atoms. The molecule has 3 aromatic rings. The fourth-order valence-corrected chi connectivity index (χ4v) is 5.49. The molecule has 0 spiro atoms. The molecule has 9 nitrogen and oxygen atoms in total. The minimum atomic E-state index is -0.913. The predicted octanol–water partition coefficient (Wildman–Crippen LogP) is 7.20. The Morgan fingerprint density at radius 2 is 1.70 bits per heavy atom. The van der Waals surface area contributed by atoms with Gasteiger partial charge in [-0.1, -0.05) is 58.7 Å². The van der Waals surface area contributed by atoms with Gasteiger partial charge in [0.2, 0.25) is 0 Å². The number of hydrogen-bond donors (Lipinski definition) is 2. The van der Waals surface area contributed by atoms with E-state index in [0.29, 0.717) is 10.6 Å². The zero-order chi connectivity index (χ0) is 29.0. The van der Waals surface area contributed by atoms with Gasteiger partial charge in [0, 0.05) is 27.2 Å². The Labute approximate surface area is 247 Å². The van der Waals surface area contributed by atoms with Crippen LogP contribution in [0.4, 0.5) is 11.4 Å². The van der Waals surface area contributed by atoms with Crippen LogP contribution in [0.25, 0.3) is 0 Å². The number of amides is 1. The standard InChI is InChI=1S/C27H19Cl3N2O7S/c1-38-23(33)3-2-12-39-21-10-8-17(29)13-19(21)31-24(15-4-6-16(28)7-5-15)26(25(34)27(31)35)40-22-11-9-18(30)14-20(22)32(36)37/h2-11,13-14,24H,12H2,1H3,(H-,34,36,37)/p+1/b3-2+. The van der Waals surface area contributed by atoms with Crippen molar-refractivity contribution >= 4 is 69.8 Å². The molecule has 1 unspecified atom stereocenters. The summed E-state index contributed by atoms with van der Waals surface area (Å²) in [4.78, 5) is 38.2. The van der Waals surface area contributed by atoms with Gasteiger partial charge in [-0.05, 0) is 54.1 Å². The summed E-state index contributed by atoms with van der Waals surface area (Å²) in [7, 11) is 1.25. The number of rotatable bonds is 9. The maximum atomic E-state index is 13.6. The summed E-state index contributed by atoms with van der Waals surface area (Å²) in [5.74, 6) is -1.68. The van der Waals surface area contributed by atoms with Crippen molar-refractivity contribution < 1.29 is 34.3 Å². The molecule has 13 heteroatoms. The smallest absolute Gasteiger partial charge is 0.331 e. The number of thioether (sulfide) groups is 1. The molecule has 1 atom stereocenters. The first-order chi connectivity index (χ1) is 19.1. The molecule has 40 heavy (non-hydrogen) atoms. The van der Waals surface area contributed by atoms with Gasteiger partial charge in [-0.2, -0.15) is 0 Å². The molecule has 206 valence electrons. The van der Waals surface area contributed by atoms with Crippen LogP contribution in [0.1, 0.15) is 11.6 Å². The van der Waals surface area contributed by atoms with E-state index in [1.54, 1.807) is 36.4 Å². The lowest BCUT2D eigenvalue weighted by Gasteiger charge is -2.28. The van der Waals surface area contributed by atoms with E-state index in [1.807, 2.05) is 0 Å². The topological polar surface area (TPSA) is 116 Å². The quantitative estimate of drug-likeness (QED) is 0.146. The van der Waals surface area contributed by atoms with Crippen molar-refractivity contribution in [1.82, 2.24) is 0 Å². The van der Waals surface area contributed by atoms with Crippen molar-refractivity contribution in [2.75, 3.05) is 18.6 Å². The molecule has 0 saturated heterocycles. The summed E-state index contributed by atoms with van der Waals surface area (Å²) in [5.41, 5.74) is 0.622. The number of aliphatic hydroxyl groups excluding tert-OH is 1. The van der Waals surface area contributed by atoms with Crippen LogP contribution in [0.5, 0.6) is 5.75 Å². The molecule has 3 aromatic carbocycles. The Kier molecular flexibility index (Phi) is 9.26. The molecule has 0 aliphatic carbocycles. The van der Waals surface area contributed by atoms with Crippen LogP contribution in [0.3, 0.4) is 0 Å². The maximum Gasteiger partial charge on any atom is 0.331 e. The summed E-state index contributed by atoms with van der Waals surface area (Å²) >= 11 is 19.3. The Hall–Kier alpha value is -3.70. The largest absolute Gasteiger partial charge is 0.502 e. The zero-order valence-corrected chi connectivity index (χ0v) is 23.7. The molecular weight excluding hydrogens is 603 g/mol. The van der Waals surface area contributed by atoms with E-state index in [0.717, 1.165) is 11.8 Å². The number of nitrogens with zero attached hydrogens (tertiary/aromatic N) is 2. The summed E-state index contributed by atoms with van der Waals surface area (Å²) in [6.45, 7) is -0.0393. The highest BCUT2D eigenvalue weighted by atomic mass is 35.5. The third-order valence-corrected chi connectivity index (χ3v) is 7.59. The van der Waals surface area contributed by atoms with Gasteiger partial charge >= 0.3 is 11.7 Å².